The smallest absolute Gasteiger partial charge is 0.371 e. The highest BCUT2D eigenvalue weighted by Gasteiger charge is 2.09. The highest BCUT2D eigenvalue weighted by atomic mass is 19.2. The maximum absolute atomic E-state index is 12.9. The fourth-order valence-electron chi connectivity index (χ4n) is 1.24. The summed E-state index contributed by atoms with van der Waals surface area (Å²) in [5.74, 6) is -3.27. The van der Waals surface area contributed by atoms with Gasteiger partial charge in [0.25, 0.3) is 0 Å². The quantitative estimate of drug-likeness (QED) is 0.864. The third-order valence-corrected chi connectivity index (χ3v) is 2.00. The fourth-order valence-corrected chi connectivity index (χ4v) is 1.24. The van der Waals surface area contributed by atoms with Gasteiger partial charge in [0.1, 0.15) is 0 Å². The molecule has 2 rings (SSSR count). The molecule has 0 radical (unpaired) electrons. The zero-order valence-corrected chi connectivity index (χ0v) is 8.41. The van der Waals surface area contributed by atoms with Crippen molar-refractivity contribution < 1.29 is 23.1 Å². The van der Waals surface area contributed by atoms with Crippen LogP contribution in [-0.2, 0) is 0 Å². The first-order valence-electron chi connectivity index (χ1n) is 4.61. The summed E-state index contributed by atoms with van der Waals surface area (Å²) in [6, 6.07) is 5.84. The topological polar surface area (TPSA) is 62.5 Å². The second kappa shape index (κ2) is 4.25. The van der Waals surface area contributed by atoms with Crippen molar-refractivity contribution >= 4 is 17.5 Å². The van der Waals surface area contributed by atoms with Crippen molar-refractivity contribution in [2.24, 2.45) is 0 Å². The lowest BCUT2D eigenvalue weighted by Crippen LogP contribution is -1.93. The molecule has 2 aromatic rings. The molecule has 1 heterocycles. The number of rotatable bonds is 3. The van der Waals surface area contributed by atoms with Gasteiger partial charge in [0, 0.05) is 17.8 Å². The van der Waals surface area contributed by atoms with Gasteiger partial charge >= 0.3 is 5.97 Å². The summed E-state index contributed by atoms with van der Waals surface area (Å²) in [6.45, 7) is 0. The predicted molar refractivity (Wildman–Crippen MR) is 55.3 cm³/mol. The highest BCUT2D eigenvalue weighted by molar-refractivity contribution is 5.85. The second-order valence-electron chi connectivity index (χ2n) is 3.22. The number of carboxylic acids is 1. The molecule has 0 aliphatic heterocycles. The number of halogens is 2. The monoisotopic (exact) mass is 239 g/mol. The summed E-state index contributed by atoms with van der Waals surface area (Å²) in [5, 5.41) is 11.2. The number of hydrogen-bond acceptors (Lipinski definition) is 3. The molecular weight excluding hydrogens is 232 g/mol. The van der Waals surface area contributed by atoms with Crippen molar-refractivity contribution in [1.82, 2.24) is 0 Å². The molecule has 17 heavy (non-hydrogen) atoms. The molecule has 0 saturated carbocycles. The first-order valence-corrected chi connectivity index (χ1v) is 4.61. The lowest BCUT2D eigenvalue weighted by Gasteiger charge is -2.02. The number of nitrogens with one attached hydrogen (secondary N) is 1. The summed E-state index contributed by atoms with van der Waals surface area (Å²) in [4.78, 5) is 10.5. The number of benzene rings is 1. The average Bonchev–Trinajstić information content (AvgIpc) is 2.72. The van der Waals surface area contributed by atoms with Crippen LogP contribution >= 0.6 is 0 Å². The number of anilines is 2. The Labute approximate surface area is 94.5 Å². The van der Waals surface area contributed by atoms with Crippen molar-refractivity contribution in [3.63, 3.8) is 0 Å². The molecular formula is C11H7F2NO3. The van der Waals surface area contributed by atoms with Gasteiger partial charge in [0.2, 0.25) is 5.76 Å². The maximum Gasteiger partial charge on any atom is 0.371 e. The fraction of sp³-hybridized carbons (Fsp3) is 0. The Balaban J connectivity index is 2.19. The minimum absolute atomic E-state index is 0.133. The van der Waals surface area contributed by atoms with Crippen LogP contribution in [0.1, 0.15) is 10.6 Å². The van der Waals surface area contributed by atoms with Gasteiger partial charge < -0.3 is 14.8 Å². The van der Waals surface area contributed by atoms with Crippen LogP contribution in [0.3, 0.4) is 0 Å². The summed E-state index contributed by atoms with van der Waals surface area (Å²) in [7, 11) is 0. The minimum atomic E-state index is -1.21. The van der Waals surface area contributed by atoms with E-state index in [1.54, 1.807) is 0 Å². The lowest BCUT2D eigenvalue weighted by atomic mass is 10.3. The molecule has 0 aliphatic carbocycles. The first kappa shape index (κ1) is 11.1. The van der Waals surface area contributed by atoms with Crippen LogP contribution in [0.5, 0.6) is 0 Å². The molecule has 6 heteroatoms. The molecule has 0 atom stereocenters. The summed E-state index contributed by atoms with van der Waals surface area (Å²) in [6.07, 6.45) is 0. The molecule has 0 amide bonds. The average molecular weight is 239 g/mol. The van der Waals surface area contributed by atoms with E-state index in [0.29, 0.717) is 0 Å². The second-order valence-corrected chi connectivity index (χ2v) is 3.22. The van der Waals surface area contributed by atoms with E-state index in [1.807, 2.05) is 0 Å². The highest BCUT2D eigenvalue weighted by Crippen LogP contribution is 2.21. The first-order chi connectivity index (χ1) is 8.06. The Morgan fingerprint density at radius 3 is 2.53 bits per heavy atom. The molecule has 0 unspecified atom stereocenters. The van der Waals surface area contributed by atoms with E-state index in [-0.39, 0.29) is 17.3 Å². The molecule has 2 N–H and O–H groups in total. The number of aromatic carboxylic acids is 1. The Hall–Kier alpha value is -2.37. The van der Waals surface area contributed by atoms with Crippen molar-refractivity contribution in [3.05, 3.63) is 47.7 Å². The molecule has 4 nitrogen and oxygen atoms in total. The molecule has 88 valence electrons. The van der Waals surface area contributed by atoms with E-state index in [1.165, 1.54) is 18.2 Å². The Morgan fingerprint density at radius 1 is 1.18 bits per heavy atom. The lowest BCUT2D eigenvalue weighted by molar-refractivity contribution is 0.0663. The molecule has 1 aromatic heterocycles. The number of hydrogen-bond donors (Lipinski definition) is 2. The largest absolute Gasteiger partial charge is 0.475 e. The van der Waals surface area contributed by atoms with Crippen LogP contribution in [-0.4, -0.2) is 11.1 Å². The van der Waals surface area contributed by atoms with Crippen LogP contribution in [0.25, 0.3) is 0 Å². The zero-order valence-electron chi connectivity index (χ0n) is 8.41. The number of carboxylic acid groups (broad SMARTS) is 1. The third kappa shape index (κ3) is 2.41. The van der Waals surface area contributed by atoms with E-state index in [0.717, 1.165) is 12.1 Å². The Morgan fingerprint density at radius 2 is 1.94 bits per heavy atom. The maximum atomic E-state index is 12.9. The molecule has 0 bridgehead atoms. The van der Waals surface area contributed by atoms with Crippen LogP contribution in [0, 0.1) is 11.6 Å². The Kier molecular flexibility index (Phi) is 2.78. The zero-order chi connectivity index (χ0) is 12.4. The van der Waals surface area contributed by atoms with Crippen molar-refractivity contribution in [2.75, 3.05) is 5.32 Å². The SMILES string of the molecule is O=C(O)c1ccc(Nc2ccc(F)c(F)c2)o1. The molecule has 0 spiro atoms. The summed E-state index contributed by atoms with van der Waals surface area (Å²) >= 11 is 0. The van der Waals surface area contributed by atoms with Crippen molar-refractivity contribution in [3.8, 4) is 0 Å². The number of carbonyl (C=O) groups is 1. The van der Waals surface area contributed by atoms with Crippen molar-refractivity contribution in [2.45, 2.75) is 0 Å². The van der Waals surface area contributed by atoms with Gasteiger partial charge in [-0.3, -0.25) is 0 Å². The van der Waals surface area contributed by atoms with Gasteiger partial charge in [0.15, 0.2) is 17.5 Å². The van der Waals surface area contributed by atoms with Gasteiger partial charge in [-0.25, -0.2) is 13.6 Å². The molecule has 0 saturated heterocycles. The van der Waals surface area contributed by atoms with E-state index in [2.05, 4.69) is 5.32 Å². The van der Waals surface area contributed by atoms with Gasteiger partial charge in [0.05, 0.1) is 0 Å². The van der Waals surface area contributed by atoms with E-state index < -0.39 is 17.6 Å². The number of furan rings is 1. The minimum Gasteiger partial charge on any atom is -0.475 e. The van der Waals surface area contributed by atoms with E-state index >= 15 is 0 Å². The molecule has 0 fully saturated rings. The van der Waals surface area contributed by atoms with E-state index in [4.69, 9.17) is 9.52 Å². The van der Waals surface area contributed by atoms with Crippen LogP contribution < -0.4 is 5.32 Å². The van der Waals surface area contributed by atoms with Gasteiger partial charge in [-0.15, -0.1) is 0 Å². The molecule has 1 aromatic carbocycles. The summed E-state index contributed by atoms with van der Waals surface area (Å²) in [5.41, 5.74) is 0.259. The van der Waals surface area contributed by atoms with Gasteiger partial charge in [-0.1, -0.05) is 0 Å². The standard InChI is InChI=1S/C11H7F2NO3/c12-7-2-1-6(5-8(7)13)14-10-4-3-9(17-10)11(15)16/h1-5,14H,(H,15,16). The van der Waals surface area contributed by atoms with Crippen LogP contribution in [0.15, 0.2) is 34.7 Å². The Bertz CT molecular complexity index is 566. The van der Waals surface area contributed by atoms with Gasteiger partial charge in [-0.2, -0.15) is 0 Å². The van der Waals surface area contributed by atoms with Gasteiger partial charge in [-0.05, 0) is 18.2 Å². The molecule has 0 aliphatic rings. The predicted octanol–water partition coefficient (Wildman–Crippen LogP) is 3.00. The normalized spacial score (nSPS) is 10.2. The van der Waals surface area contributed by atoms with Crippen molar-refractivity contribution in [1.29, 1.82) is 0 Å². The van der Waals surface area contributed by atoms with E-state index in [9.17, 15) is 13.6 Å². The third-order valence-electron chi connectivity index (χ3n) is 2.00. The summed E-state index contributed by atoms with van der Waals surface area (Å²) < 4.78 is 30.4. The van der Waals surface area contributed by atoms with Crippen LogP contribution in [0.2, 0.25) is 0 Å². The van der Waals surface area contributed by atoms with Crippen LogP contribution in [0.4, 0.5) is 20.4 Å².